The van der Waals surface area contributed by atoms with Crippen molar-refractivity contribution < 1.29 is 26.4 Å². The van der Waals surface area contributed by atoms with Crippen molar-refractivity contribution in [2.75, 3.05) is 17.8 Å². The first-order valence-electron chi connectivity index (χ1n) is 10.5. The Morgan fingerprint density at radius 1 is 1.29 bits per heavy atom. The van der Waals surface area contributed by atoms with Crippen LogP contribution in [0.25, 0.3) is 0 Å². The highest BCUT2D eigenvalue weighted by Gasteiger charge is 2.35. The van der Waals surface area contributed by atoms with E-state index in [4.69, 9.17) is 5.26 Å². The van der Waals surface area contributed by atoms with Crippen LogP contribution in [-0.2, 0) is 14.8 Å². The maximum atomic E-state index is 13.9. The van der Waals surface area contributed by atoms with E-state index in [1.807, 2.05) is 19.9 Å². The Bertz CT molecular complexity index is 1190. The molecule has 1 fully saturated rings. The molecule has 3 rings (SSSR count). The van der Waals surface area contributed by atoms with Crippen LogP contribution >= 0.6 is 0 Å². The number of likely N-dealkylation sites (tertiary alicyclic amines) is 1. The Balaban J connectivity index is 1.68. The molecule has 0 aliphatic carbocycles. The van der Waals surface area contributed by atoms with Crippen molar-refractivity contribution in [3.8, 4) is 6.07 Å². The van der Waals surface area contributed by atoms with E-state index in [1.54, 1.807) is 6.07 Å². The normalized spacial score (nSPS) is 19.1. The lowest BCUT2D eigenvalue weighted by molar-refractivity contribution is -0.130. The molecule has 3 atom stereocenters. The van der Waals surface area contributed by atoms with Crippen LogP contribution in [0, 0.1) is 28.9 Å². The summed E-state index contributed by atoms with van der Waals surface area (Å²) in [5.74, 6) is -2.54. The van der Waals surface area contributed by atoms with E-state index in [2.05, 4.69) is 15.0 Å². The van der Waals surface area contributed by atoms with Crippen molar-refractivity contribution in [1.82, 2.24) is 15.2 Å². The Hall–Kier alpha value is -3.17. The van der Waals surface area contributed by atoms with Gasteiger partial charge < -0.3 is 4.90 Å². The van der Waals surface area contributed by atoms with Gasteiger partial charge in [0.1, 0.15) is 28.7 Å². The molecule has 0 spiro atoms. The van der Waals surface area contributed by atoms with Gasteiger partial charge in [-0.1, -0.05) is 13.8 Å². The predicted molar refractivity (Wildman–Crippen MR) is 118 cm³/mol. The zero-order valence-corrected chi connectivity index (χ0v) is 19.3. The summed E-state index contributed by atoms with van der Waals surface area (Å²) in [6, 6.07) is 5.87. The number of carbonyl (C=O) groups is 1. The zero-order valence-electron chi connectivity index (χ0n) is 18.5. The molecule has 1 aliphatic heterocycles. The fourth-order valence-corrected chi connectivity index (χ4v) is 4.82. The summed E-state index contributed by atoms with van der Waals surface area (Å²) in [7, 11) is -4.31. The summed E-state index contributed by atoms with van der Waals surface area (Å²) < 4.78 is 67.6. The third kappa shape index (κ3) is 5.84. The summed E-state index contributed by atoms with van der Waals surface area (Å²) >= 11 is 0. The number of hydrogen-bond donors (Lipinski definition) is 2. The monoisotopic (exact) mass is 495 g/mol. The van der Waals surface area contributed by atoms with E-state index in [-0.39, 0.29) is 31.1 Å². The molecule has 8 nitrogen and oxygen atoms in total. The van der Waals surface area contributed by atoms with Gasteiger partial charge in [0, 0.05) is 12.5 Å². The average Bonchev–Trinajstić information content (AvgIpc) is 3.15. The summed E-state index contributed by atoms with van der Waals surface area (Å²) in [6.45, 7) is 3.53. The number of halogens is 3. The molecule has 1 aromatic heterocycles. The van der Waals surface area contributed by atoms with Crippen LogP contribution in [0.2, 0.25) is 0 Å². The average molecular weight is 496 g/mol. The minimum Gasteiger partial charge on any atom is -0.323 e. The molecule has 2 N–H and O–H groups in total. The van der Waals surface area contributed by atoms with Crippen molar-refractivity contribution in [3.05, 3.63) is 53.9 Å². The van der Waals surface area contributed by atoms with Crippen molar-refractivity contribution in [3.63, 3.8) is 0 Å². The summed E-state index contributed by atoms with van der Waals surface area (Å²) in [4.78, 5) is 17.3. The highest BCUT2D eigenvalue weighted by Crippen LogP contribution is 2.24. The second kappa shape index (κ2) is 10.4. The molecule has 1 aromatic carbocycles. The first-order chi connectivity index (χ1) is 16.0. The fraction of sp³-hybridized carbons (Fsp3) is 0.409. The lowest BCUT2D eigenvalue weighted by Crippen LogP contribution is -2.42. The van der Waals surface area contributed by atoms with Crippen LogP contribution in [0.15, 0.2) is 41.4 Å². The molecular formula is C22H24F3N5O3S. The molecule has 2 heterocycles. The SMILES string of the molecule is CC(C)[C@H](NCC(=O)N1C[C@@H](F)C[C@H]1C#N)c1ccc(NS(=O)(=O)c2ccc(F)cc2F)cn1. The molecule has 0 bridgehead atoms. The van der Waals surface area contributed by atoms with Crippen molar-refractivity contribution in [2.45, 2.75) is 43.4 Å². The van der Waals surface area contributed by atoms with Crippen molar-refractivity contribution in [1.29, 1.82) is 5.26 Å². The lowest BCUT2D eigenvalue weighted by atomic mass is 10.00. The van der Waals surface area contributed by atoms with Crippen LogP contribution in [-0.4, -0.2) is 49.5 Å². The van der Waals surface area contributed by atoms with E-state index >= 15 is 0 Å². The maximum Gasteiger partial charge on any atom is 0.264 e. The molecule has 182 valence electrons. The Kier molecular flexibility index (Phi) is 7.78. The predicted octanol–water partition coefficient (Wildman–Crippen LogP) is 2.91. The lowest BCUT2D eigenvalue weighted by Gasteiger charge is -2.25. The van der Waals surface area contributed by atoms with Crippen LogP contribution in [0.1, 0.15) is 32.0 Å². The minimum absolute atomic E-state index is 0.00338. The standard InChI is InChI=1S/C22H24F3N5O3S/c1-13(2)22(28-11-21(31)30-12-15(24)7-17(30)9-26)19-5-4-16(10-27-19)29-34(32,33)20-6-3-14(23)8-18(20)25/h3-6,8,10,13,15,17,22,28-29H,7,11-12H2,1-2H3/t15-,17-,22-/m0/s1. The van der Waals surface area contributed by atoms with Crippen LogP contribution in [0.5, 0.6) is 0 Å². The van der Waals surface area contributed by atoms with E-state index in [0.29, 0.717) is 11.8 Å². The molecule has 0 radical (unpaired) electrons. The van der Waals surface area contributed by atoms with Gasteiger partial charge in [-0.15, -0.1) is 0 Å². The second-order valence-electron chi connectivity index (χ2n) is 8.28. The number of hydrogen-bond acceptors (Lipinski definition) is 6. The summed E-state index contributed by atoms with van der Waals surface area (Å²) in [5.41, 5.74) is 0.578. The first-order valence-corrected chi connectivity index (χ1v) is 12.0. The number of anilines is 1. The number of nitrogens with zero attached hydrogens (tertiary/aromatic N) is 3. The molecule has 2 aromatic rings. The third-order valence-electron chi connectivity index (χ3n) is 5.40. The number of pyridine rings is 1. The molecular weight excluding hydrogens is 471 g/mol. The largest absolute Gasteiger partial charge is 0.323 e. The Morgan fingerprint density at radius 2 is 2.03 bits per heavy atom. The number of rotatable bonds is 8. The molecule has 34 heavy (non-hydrogen) atoms. The van der Waals surface area contributed by atoms with E-state index < -0.39 is 50.7 Å². The molecule has 1 amide bonds. The van der Waals surface area contributed by atoms with Gasteiger partial charge in [-0.3, -0.25) is 19.8 Å². The number of aromatic nitrogens is 1. The Morgan fingerprint density at radius 3 is 2.62 bits per heavy atom. The minimum atomic E-state index is -4.31. The Labute approximate surface area is 195 Å². The van der Waals surface area contributed by atoms with Gasteiger partial charge >= 0.3 is 0 Å². The molecule has 12 heteroatoms. The number of nitriles is 1. The summed E-state index contributed by atoms with van der Waals surface area (Å²) in [6.07, 6.45) is 0.0137. The van der Waals surface area contributed by atoms with Gasteiger partial charge in [0.25, 0.3) is 10.0 Å². The third-order valence-corrected chi connectivity index (χ3v) is 6.81. The highest BCUT2D eigenvalue weighted by molar-refractivity contribution is 7.92. The van der Waals surface area contributed by atoms with E-state index in [0.717, 1.165) is 12.1 Å². The quantitative estimate of drug-likeness (QED) is 0.582. The van der Waals surface area contributed by atoms with E-state index in [1.165, 1.54) is 17.2 Å². The van der Waals surface area contributed by atoms with Crippen LogP contribution in [0.3, 0.4) is 0 Å². The smallest absolute Gasteiger partial charge is 0.264 e. The number of sulfonamides is 1. The van der Waals surface area contributed by atoms with Gasteiger partial charge in [0.15, 0.2) is 0 Å². The fourth-order valence-electron chi connectivity index (χ4n) is 3.72. The van der Waals surface area contributed by atoms with Gasteiger partial charge in [-0.2, -0.15) is 5.26 Å². The van der Waals surface area contributed by atoms with Gasteiger partial charge in [0.2, 0.25) is 5.91 Å². The van der Waals surface area contributed by atoms with Gasteiger partial charge in [-0.05, 0) is 30.2 Å². The van der Waals surface area contributed by atoms with Crippen LogP contribution < -0.4 is 10.0 Å². The van der Waals surface area contributed by atoms with Crippen LogP contribution in [0.4, 0.5) is 18.9 Å². The molecule has 1 saturated heterocycles. The van der Waals surface area contributed by atoms with Gasteiger partial charge in [-0.25, -0.2) is 21.6 Å². The van der Waals surface area contributed by atoms with Crippen molar-refractivity contribution in [2.24, 2.45) is 5.92 Å². The van der Waals surface area contributed by atoms with Gasteiger partial charge in [0.05, 0.1) is 42.8 Å². The summed E-state index contributed by atoms with van der Waals surface area (Å²) in [5, 5.41) is 12.2. The second-order valence-corrected chi connectivity index (χ2v) is 9.93. The topological polar surface area (TPSA) is 115 Å². The number of amides is 1. The molecule has 0 unspecified atom stereocenters. The van der Waals surface area contributed by atoms with Crippen molar-refractivity contribution >= 4 is 21.6 Å². The molecule has 0 saturated carbocycles. The number of nitrogens with one attached hydrogen (secondary N) is 2. The maximum absolute atomic E-state index is 13.9. The number of benzene rings is 1. The molecule has 1 aliphatic rings. The first kappa shape index (κ1) is 25.5. The number of carbonyl (C=O) groups excluding carboxylic acids is 1. The zero-order chi connectivity index (χ0) is 25.0. The highest BCUT2D eigenvalue weighted by atomic mass is 32.2. The number of alkyl halides is 1. The van der Waals surface area contributed by atoms with E-state index in [9.17, 15) is 26.4 Å².